The molecule has 166 valence electrons. The second-order valence-electron chi connectivity index (χ2n) is 9.04. The fourth-order valence-corrected chi connectivity index (χ4v) is 4.07. The van der Waals surface area contributed by atoms with Crippen molar-refractivity contribution in [3.8, 4) is 11.3 Å². The summed E-state index contributed by atoms with van der Waals surface area (Å²) in [6.07, 6.45) is 3.34. The molecule has 3 rings (SSSR count). The van der Waals surface area contributed by atoms with E-state index < -0.39 is 12.0 Å². The van der Waals surface area contributed by atoms with Crippen LogP contribution >= 0.6 is 0 Å². The summed E-state index contributed by atoms with van der Waals surface area (Å²) in [5.41, 5.74) is 6.80. The van der Waals surface area contributed by atoms with Gasteiger partial charge in [-0.3, -0.25) is 9.36 Å². The molecule has 2 aromatic rings. The van der Waals surface area contributed by atoms with Crippen LogP contribution in [0.25, 0.3) is 11.3 Å². The van der Waals surface area contributed by atoms with Crippen LogP contribution in [-0.4, -0.2) is 68.2 Å². The summed E-state index contributed by atoms with van der Waals surface area (Å²) in [4.78, 5) is 43.4. The van der Waals surface area contributed by atoms with Gasteiger partial charge in [-0.05, 0) is 30.4 Å². The Morgan fingerprint density at radius 3 is 2.39 bits per heavy atom. The lowest BCUT2D eigenvalue weighted by Crippen LogP contribution is -2.56. The van der Waals surface area contributed by atoms with Crippen LogP contribution in [0.3, 0.4) is 0 Å². The van der Waals surface area contributed by atoms with Gasteiger partial charge in [-0.25, -0.2) is 14.6 Å². The maximum atomic E-state index is 13.1. The lowest BCUT2D eigenvalue weighted by atomic mass is 9.79. The summed E-state index contributed by atoms with van der Waals surface area (Å²) in [6.45, 7) is 6.44. The molecule has 1 fully saturated rings. The zero-order valence-electron chi connectivity index (χ0n) is 18.3. The molecule has 9 heteroatoms. The predicted octanol–water partition coefficient (Wildman–Crippen LogP) is 3.11. The number of nitrogens with zero attached hydrogens (tertiary/aromatic N) is 4. The fraction of sp³-hybridized carbons (Fsp3) is 0.455. The van der Waals surface area contributed by atoms with Crippen molar-refractivity contribution < 1.29 is 19.5 Å². The van der Waals surface area contributed by atoms with Gasteiger partial charge in [-0.15, -0.1) is 0 Å². The van der Waals surface area contributed by atoms with Crippen molar-refractivity contribution in [1.82, 2.24) is 19.4 Å². The van der Waals surface area contributed by atoms with Crippen LogP contribution in [0.1, 0.15) is 44.0 Å². The van der Waals surface area contributed by atoms with E-state index in [0.717, 1.165) is 5.56 Å². The van der Waals surface area contributed by atoms with Gasteiger partial charge in [0.1, 0.15) is 6.33 Å². The number of hydrogen-bond donors (Lipinski definition) is 2. The Kier molecular flexibility index (Phi) is 6.06. The third kappa shape index (κ3) is 4.70. The molecular formula is C22H29N5O4. The molecule has 1 saturated heterocycles. The number of benzene rings is 1. The molecule has 2 unspecified atom stereocenters. The van der Waals surface area contributed by atoms with Crippen molar-refractivity contribution >= 4 is 18.0 Å². The van der Waals surface area contributed by atoms with Gasteiger partial charge >= 0.3 is 12.1 Å². The quantitative estimate of drug-likeness (QED) is 0.779. The molecule has 1 aliphatic rings. The number of imidazole rings is 1. The summed E-state index contributed by atoms with van der Waals surface area (Å²) >= 11 is 0. The smallest absolute Gasteiger partial charge is 0.407 e. The largest absolute Gasteiger partial charge is 0.465 e. The second kappa shape index (κ2) is 8.41. The fourth-order valence-electron chi connectivity index (χ4n) is 4.07. The van der Waals surface area contributed by atoms with Crippen LogP contribution in [0.15, 0.2) is 36.8 Å². The van der Waals surface area contributed by atoms with Gasteiger partial charge in [0.05, 0.1) is 5.69 Å². The summed E-state index contributed by atoms with van der Waals surface area (Å²) in [5.74, 6) is -0.503. The van der Waals surface area contributed by atoms with Crippen LogP contribution in [0, 0.1) is 5.41 Å². The maximum Gasteiger partial charge on any atom is 0.407 e. The van der Waals surface area contributed by atoms with Crippen LogP contribution in [0.2, 0.25) is 0 Å². The molecule has 1 aliphatic heterocycles. The summed E-state index contributed by atoms with van der Waals surface area (Å²) in [7, 11) is 1.74. The highest BCUT2D eigenvalue weighted by atomic mass is 16.4. The van der Waals surface area contributed by atoms with E-state index in [4.69, 9.17) is 5.73 Å². The average Bonchev–Trinajstić information content (AvgIpc) is 3.21. The van der Waals surface area contributed by atoms with E-state index in [-0.39, 0.29) is 23.5 Å². The monoisotopic (exact) mass is 427 g/mol. The van der Waals surface area contributed by atoms with Crippen LogP contribution in [-0.2, 0) is 0 Å². The molecule has 1 aromatic carbocycles. The number of rotatable bonds is 3. The van der Waals surface area contributed by atoms with E-state index in [2.05, 4.69) is 4.98 Å². The van der Waals surface area contributed by atoms with E-state index >= 15 is 0 Å². The minimum absolute atomic E-state index is 0.0759. The number of nitrogens with two attached hydrogens (primary N) is 1. The Morgan fingerprint density at radius 1 is 1.19 bits per heavy atom. The molecule has 0 bridgehead atoms. The van der Waals surface area contributed by atoms with Gasteiger partial charge in [0, 0.05) is 43.0 Å². The Morgan fingerprint density at radius 2 is 1.84 bits per heavy atom. The topological polar surface area (TPSA) is 122 Å². The standard InChI is InChI=1S/C22H29N5O4/c1-22(2,3)18-11-16(9-10-27(18)21(30)31)25(4)20(29)26-12-17(24-13-26)14-5-7-15(8-6-14)19(23)28/h5-8,12-13,16,18H,9-11H2,1-4H3,(H2,23,28)(H,30,31). The molecule has 1 aromatic heterocycles. The Labute approximate surface area is 181 Å². The van der Waals surface area contributed by atoms with Gasteiger partial charge in [-0.2, -0.15) is 0 Å². The maximum absolute atomic E-state index is 13.1. The van der Waals surface area contributed by atoms with Crippen molar-refractivity contribution in [2.75, 3.05) is 13.6 Å². The third-order valence-electron chi connectivity index (χ3n) is 5.94. The first kappa shape index (κ1) is 22.3. The van der Waals surface area contributed by atoms with E-state index in [9.17, 15) is 19.5 Å². The first-order valence-corrected chi connectivity index (χ1v) is 10.2. The predicted molar refractivity (Wildman–Crippen MR) is 116 cm³/mol. The number of carbonyl (C=O) groups excluding carboxylic acids is 2. The van der Waals surface area contributed by atoms with Crippen LogP contribution in [0.4, 0.5) is 9.59 Å². The third-order valence-corrected chi connectivity index (χ3v) is 5.94. The number of amides is 3. The molecule has 3 amide bonds. The number of primary amides is 1. The zero-order chi connectivity index (χ0) is 22.9. The number of hydrogen-bond acceptors (Lipinski definition) is 4. The van der Waals surface area contributed by atoms with Gasteiger partial charge in [0.15, 0.2) is 0 Å². The number of aromatic nitrogens is 2. The molecular weight excluding hydrogens is 398 g/mol. The van der Waals surface area contributed by atoms with E-state index in [1.54, 1.807) is 42.4 Å². The summed E-state index contributed by atoms with van der Waals surface area (Å²) in [6, 6.07) is 6.22. The number of carbonyl (C=O) groups is 3. The molecule has 2 heterocycles. The van der Waals surface area contributed by atoms with Crippen molar-refractivity contribution in [3.63, 3.8) is 0 Å². The second-order valence-corrected chi connectivity index (χ2v) is 9.04. The van der Waals surface area contributed by atoms with Gasteiger partial charge in [-0.1, -0.05) is 32.9 Å². The van der Waals surface area contributed by atoms with Crippen LogP contribution < -0.4 is 5.73 Å². The molecule has 2 atom stereocenters. The molecule has 0 saturated carbocycles. The van der Waals surface area contributed by atoms with Gasteiger partial charge in [0.2, 0.25) is 5.91 Å². The Balaban J connectivity index is 1.74. The highest BCUT2D eigenvalue weighted by Crippen LogP contribution is 2.33. The van der Waals surface area contributed by atoms with Crippen molar-refractivity contribution in [2.45, 2.75) is 45.7 Å². The van der Waals surface area contributed by atoms with E-state index in [1.165, 1.54) is 15.8 Å². The molecule has 0 radical (unpaired) electrons. The number of piperidine rings is 1. The zero-order valence-corrected chi connectivity index (χ0v) is 18.3. The minimum Gasteiger partial charge on any atom is -0.465 e. The highest BCUT2D eigenvalue weighted by molar-refractivity contribution is 5.93. The molecule has 0 spiro atoms. The first-order chi connectivity index (χ1) is 14.5. The minimum atomic E-state index is -0.922. The Bertz CT molecular complexity index is 977. The number of likely N-dealkylation sites (tertiary alicyclic amines) is 1. The van der Waals surface area contributed by atoms with Crippen molar-refractivity contribution in [3.05, 3.63) is 42.4 Å². The average molecular weight is 428 g/mol. The molecule has 3 N–H and O–H groups in total. The SMILES string of the molecule is CN(C(=O)n1cnc(-c2ccc(C(N)=O)cc2)c1)C1CCN(C(=O)O)C(C(C)(C)C)C1. The molecule has 9 nitrogen and oxygen atoms in total. The highest BCUT2D eigenvalue weighted by Gasteiger charge is 2.40. The van der Waals surface area contributed by atoms with Gasteiger partial charge < -0.3 is 20.6 Å². The van der Waals surface area contributed by atoms with Crippen molar-refractivity contribution in [1.29, 1.82) is 0 Å². The van der Waals surface area contributed by atoms with E-state index in [0.29, 0.717) is 30.6 Å². The van der Waals surface area contributed by atoms with Crippen LogP contribution in [0.5, 0.6) is 0 Å². The van der Waals surface area contributed by atoms with E-state index in [1.807, 2.05) is 20.8 Å². The Hall–Kier alpha value is -3.36. The molecule has 31 heavy (non-hydrogen) atoms. The summed E-state index contributed by atoms with van der Waals surface area (Å²) in [5, 5.41) is 9.55. The summed E-state index contributed by atoms with van der Waals surface area (Å²) < 4.78 is 1.42. The number of carboxylic acid groups (broad SMARTS) is 1. The van der Waals surface area contributed by atoms with Crippen molar-refractivity contribution in [2.24, 2.45) is 11.1 Å². The molecule has 0 aliphatic carbocycles. The first-order valence-electron chi connectivity index (χ1n) is 10.2. The normalized spacial score (nSPS) is 19.2. The lowest BCUT2D eigenvalue weighted by Gasteiger charge is -2.46. The lowest BCUT2D eigenvalue weighted by molar-refractivity contribution is 0.0330. The van der Waals surface area contributed by atoms with Gasteiger partial charge in [0.25, 0.3) is 0 Å².